The Kier molecular flexibility index (Phi) is 5.70. The van der Waals surface area contributed by atoms with Gasteiger partial charge in [-0.05, 0) is 44.5 Å². The molecule has 0 spiro atoms. The van der Waals surface area contributed by atoms with E-state index in [0.29, 0.717) is 31.7 Å². The molecule has 0 amide bonds. The monoisotopic (exact) mass is 318 g/mol. The number of aliphatic hydroxyl groups is 1. The van der Waals surface area contributed by atoms with E-state index in [2.05, 4.69) is 47.6 Å². The minimum Gasteiger partial charge on any atom is -0.388 e. The van der Waals surface area contributed by atoms with Gasteiger partial charge in [0.25, 0.3) is 0 Å². The van der Waals surface area contributed by atoms with Crippen molar-refractivity contribution in [1.82, 2.24) is 10.2 Å². The number of nitrogens with one attached hydrogen (secondary N) is 1. The fourth-order valence-corrected chi connectivity index (χ4v) is 4.07. The van der Waals surface area contributed by atoms with Gasteiger partial charge in [-0.3, -0.25) is 4.90 Å². The molecule has 2 atom stereocenters. The highest BCUT2D eigenvalue weighted by atomic mass is 16.5. The second-order valence-corrected chi connectivity index (χ2v) is 7.21. The van der Waals surface area contributed by atoms with Crippen LogP contribution >= 0.6 is 0 Å². The van der Waals surface area contributed by atoms with Gasteiger partial charge >= 0.3 is 0 Å². The molecule has 0 saturated carbocycles. The topological polar surface area (TPSA) is 44.7 Å². The number of rotatable bonds is 5. The van der Waals surface area contributed by atoms with Gasteiger partial charge in [-0.15, -0.1) is 0 Å². The van der Waals surface area contributed by atoms with Crippen molar-refractivity contribution in [3.8, 4) is 0 Å². The number of likely N-dealkylation sites (tertiary alicyclic amines) is 1. The van der Waals surface area contributed by atoms with Crippen molar-refractivity contribution < 1.29 is 9.84 Å². The van der Waals surface area contributed by atoms with E-state index < -0.39 is 5.60 Å². The van der Waals surface area contributed by atoms with Crippen LogP contribution in [-0.2, 0) is 4.74 Å². The highest BCUT2D eigenvalue weighted by Crippen LogP contribution is 2.34. The van der Waals surface area contributed by atoms with Crippen LogP contribution in [0.25, 0.3) is 0 Å². The first-order valence-corrected chi connectivity index (χ1v) is 8.94. The van der Waals surface area contributed by atoms with Crippen LogP contribution < -0.4 is 5.32 Å². The van der Waals surface area contributed by atoms with Crippen LogP contribution in [0.4, 0.5) is 0 Å². The second kappa shape index (κ2) is 7.75. The van der Waals surface area contributed by atoms with E-state index in [1.54, 1.807) is 0 Å². The highest BCUT2D eigenvalue weighted by Gasteiger charge is 2.32. The summed E-state index contributed by atoms with van der Waals surface area (Å²) >= 11 is 0. The van der Waals surface area contributed by atoms with Gasteiger partial charge in [-0.25, -0.2) is 0 Å². The second-order valence-electron chi connectivity index (χ2n) is 7.21. The summed E-state index contributed by atoms with van der Waals surface area (Å²) in [4.78, 5) is 2.48. The molecule has 128 valence electrons. The summed E-state index contributed by atoms with van der Waals surface area (Å²) in [6.45, 7) is 4.16. The maximum atomic E-state index is 10.6. The van der Waals surface area contributed by atoms with Crippen molar-refractivity contribution in [3.63, 3.8) is 0 Å². The number of piperidine rings is 1. The molecule has 2 aliphatic rings. The molecule has 0 unspecified atom stereocenters. The SMILES string of the molecule is CN1CCC[C@H](CNCC2(O)CCOCC2)[C@H]1c1ccccc1. The first-order chi connectivity index (χ1) is 11.2. The molecule has 0 aromatic heterocycles. The van der Waals surface area contributed by atoms with Crippen LogP contribution in [-0.4, -0.2) is 55.5 Å². The van der Waals surface area contributed by atoms with Gasteiger partial charge in [-0.1, -0.05) is 30.3 Å². The number of hydrogen-bond donors (Lipinski definition) is 2. The molecule has 4 heteroatoms. The molecular weight excluding hydrogens is 288 g/mol. The van der Waals surface area contributed by atoms with E-state index in [1.165, 1.54) is 18.4 Å². The summed E-state index contributed by atoms with van der Waals surface area (Å²) in [7, 11) is 2.23. The van der Waals surface area contributed by atoms with Crippen LogP contribution in [0.1, 0.15) is 37.3 Å². The molecule has 2 N–H and O–H groups in total. The fraction of sp³-hybridized carbons (Fsp3) is 0.684. The molecule has 0 aliphatic carbocycles. The Balaban J connectivity index is 1.58. The van der Waals surface area contributed by atoms with Crippen LogP contribution in [0.15, 0.2) is 30.3 Å². The molecule has 0 bridgehead atoms. The van der Waals surface area contributed by atoms with Crippen molar-refractivity contribution in [2.24, 2.45) is 5.92 Å². The zero-order chi connectivity index (χ0) is 16.1. The van der Waals surface area contributed by atoms with Crippen LogP contribution in [0.5, 0.6) is 0 Å². The normalized spacial score (nSPS) is 28.6. The van der Waals surface area contributed by atoms with Crippen LogP contribution in [0, 0.1) is 5.92 Å². The predicted octanol–water partition coefficient (Wildman–Crippen LogP) is 2.20. The Morgan fingerprint density at radius 3 is 2.74 bits per heavy atom. The first kappa shape index (κ1) is 16.9. The number of benzene rings is 1. The summed E-state index contributed by atoms with van der Waals surface area (Å²) in [5.41, 5.74) is 0.826. The van der Waals surface area contributed by atoms with Crippen LogP contribution in [0.2, 0.25) is 0 Å². The summed E-state index contributed by atoms with van der Waals surface area (Å²) in [6, 6.07) is 11.3. The molecule has 2 heterocycles. The molecule has 3 rings (SSSR count). The molecule has 4 nitrogen and oxygen atoms in total. The van der Waals surface area contributed by atoms with Crippen molar-refractivity contribution in [2.75, 3.05) is 39.9 Å². The van der Waals surface area contributed by atoms with Crippen molar-refractivity contribution in [2.45, 2.75) is 37.3 Å². The van der Waals surface area contributed by atoms with Crippen molar-refractivity contribution >= 4 is 0 Å². The quantitative estimate of drug-likeness (QED) is 0.874. The van der Waals surface area contributed by atoms with Crippen molar-refractivity contribution in [1.29, 1.82) is 0 Å². The minimum atomic E-state index is -0.582. The number of nitrogens with zero attached hydrogens (tertiary/aromatic N) is 1. The van der Waals surface area contributed by atoms with E-state index in [1.807, 2.05) is 0 Å². The fourth-order valence-electron chi connectivity index (χ4n) is 4.07. The predicted molar refractivity (Wildman–Crippen MR) is 92.4 cm³/mol. The average Bonchev–Trinajstić information content (AvgIpc) is 2.56. The van der Waals surface area contributed by atoms with Crippen LogP contribution in [0.3, 0.4) is 0 Å². The zero-order valence-electron chi connectivity index (χ0n) is 14.2. The molecule has 23 heavy (non-hydrogen) atoms. The highest BCUT2D eigenvalue weighted by molar-refractivity contribution is 5.20. The number of hydrogen-bond acceptors (Lipinski definition) is 4. The molecule has 0 radical (unpaired) electrons. The molecular formula is C19H30N2O2. The standard InChI is InChI=1S/C19H30N2O2/c1-21-11-5-8-17(18(21)16-6-3-2-4-7-16)14-20-15-19(22)9-12-23-13-10-19/h2-4,6-7,17-18,20,22H,5,8-15H2,1H3/t17-,18-/m1/s1. The van der Waals surface area contributed by atoms with Gasteiger partial charge in [0.1, 0.15) is 0 Å². The third-order valence-electron chi connectivity index (χ3n) is 5.43. The van der Waals surface area contributed by atoms with E-state index >= 15 is 0 Å². The Morgan fingerprint density at radius 2 is 2.00 bits per heavy atom. The van der Waals surface area contributed by atoms with Crippen molar-refractivity contribution in [3.05, 3.63) is 35.9 Å². The lowest BCUT2D eigenvalue weighted by atomic mass is 9.84. The molecule has 1 aromatic carbocycles. The minimum absolute atomic E-state index is 0.474. The number of ether oxygens (including phenoxy) is 1. The molecule has 2 saturated heterocycles. The Labute approximate surface area is 139 Å². The smallest absolute Gasteiger partial charge is 0.0815 e. The molecule has 2 fully saturated rings. The van der Waals surface area contributed by atoms with Gasteiger partial charge in [0.05, 0.1) is 5.60 Å². The Hall–Kier alpha value is -0.940. The Morgan fingerprint density at radius 1 is 1.26 bits per heavy atom. The van der Waals surface area contributed by atoms with Gasteiger partial charge < -0.3 is 15.2 Å². The molecule has 2 aliphatic heterocycles. The maximum Gasteiger partial charge on any atom is 0.0815 e. The van der Waals surface area contributed by atoms with E-state index in [9.17, 15) is 5.11 Å². The Bertz CT molecular complexity index is 474. The lowest BCUT2D eigenvalue weighted by molar-refractivity contribution is -0.0623. The van der Waals surface area contributed by atoms with Gasteiger partial charge in [0.2, 0.25) is 0 Å². The van der Waals surface area contributed by atoms with E-state index in [0.717, 1.165) is 25.9 Å². The zero-order valence-corrected chi connectivity index (χ0v) is 14.2. The van der Waals surface area contributed by atoms with E-state index in [4.69, 9.17) is 4.74 Å². The lowest BCUT2D eigenvalue weighted by Gasteiger charge is -2.40. The first-order valence-electron chi connectivity index (χ1n) is 8.94. The summed E-state index contributed by atoms with van der Waals surface area (Å²) in [5.74, 6) is 0.597. The largest absolute Gasteiger partial charge is 0.388 e. The maximum absolute atomic E-state index is 10.6. The summed E-state index contributed by atoms with van der Waals surface area (Å²) in [5, 5.41) is 14.1. The van der Waals surface area contributed by atoms with Gasteiger partial charge in [-0.2, -0.15) is 0 Å². The average molecular weight is 318 g/mol. The molecule has 1 aromatic rings. The summed E-state index contributed by atoms with van der Waals surface area (Å²) < 4.78 is 5.36. The third kappa shape index (κ3) is 4.32. The van der Waals surface area contributed by atoms with E-state index in [-0.39, 0.29) is 0 Å². The third-order valence-corrected chi connectivity index (χ3v) is 5.43. The van der Waals surface area contributed by atoms with Gasteiger partial charge in [0, 0.05) is 38.6 Å². The van der Waals surface area contributed by atoms with Gasteiger partial charge in [0.15, 0.2) is 0 Å². The summed E-state index contributed by atoms with van der Waals surface area (Å²) in [6.07, 6.45) is 3.99. The lowest BCUT2D eigenvalue weighted by Crippen LogP contribution is -2.47.